The van der Waals surface area contributed by atoms with Gasteiger partial charge in [-0.1, -0.05) is 6.42 Å². The minimum atomic E-state index is 0.655. The lowest BCUT2D eigenvalue weighted by molar-refractivity contribution is 0.168. The number of aliphatic imine (C=N–C) groups is 1. The first-order chi connectivity index (χ1) is 10.4. The number of guanidine groups is 1. The summed E-state index contributed by atoms with van der Waals surface area (Å²) in [4.78, 5) is 9.62. The summed E-state index contributed by atoms with van der Waals surface area (Å²) in [6.07, 6.45) is 6.64. The Bertz CT molecular complexity index is 348. The number of ether oxygens (including phenoxy) is 1. The first-order valence-corrected chi connectivity index (χ1v) is 8.64. The van der Waals surface area contributed by atoms with Crippen molar-refractivity contribution in [2.45, 2.75) is 38.1 Å². The van der Waals surface area contributed by atoms with Crippen LogP contribution in [0.3, 0.4) is 0 Å². The van der Waals surface area contributed by atoms with Crippen LogP contribution in [0.15, 0.2) is 4.99 Å². The molecule has 21 heavy (non-hydrogen) atoms. The zero-order chi connectivity index (χ0) is 14.5. The van der Waals surface area contributed by atoms with Crippen LogP contribution in [0.2, 0.25) is 0 Å². The van der Waals surface area contributed by atoms with E-state index >= 15 is 0 Å². The monoisotopic (exact) mass is 294 g/mol. The molecule has 0 aromatic rings. The summed E-state index contributed by atoms with van der Waals surface area (Å²) in [5.74, 6) is 1.74. The number of hydrogen-bond acceptors (Lipinski definition) is 3. The zero-order valence-corrected chi connectivity index (χ0v) is 13.4. The Labute approximate surface area is 128 Å². The zero-order valence-electron chi connectivity index (χ0n) is 13.4. The average Bonchev–Trinajstić information content (AvgIpc) is 3.20. The third-order valence-electron chi connectivity index (χ3n) is 5.15. The van der Waals surface area contributed by atoms with E-state index in [1.165, 1.54) is 45.2 Å². The molecule has 0 aromatic heterocycles. The molecule has 3 aliphatic heterocycles. The van der Waals surface area contributed by atoms with Crippen LogP contribution in [-0.2, 0) is 4.74 Å². The molecule has 5 heteroatoms. The van der Waals surface area contributed by atoms with Gasteiger partial charge in [-0.05, 0) is 38.8 Å². The van der Waals surface area contributed by atoms with Crippen molar-refractivity contribution in [3.63, 3.8) is 0 Å². The number of nitrogens with zero attached hydrogens (tertiary/aromatic N) is 3. The average molecular weight is 294 g/mol. The van der Waals surface area contributed by atoms with Crippen molar-refractivity contribution in [3.05, 3.63) is 0 Å². The van der Waals surface area contributed by atoms with Crippen molar-refractivity contribution in [2.75, 3.05) is 53.0 Å². The highest BCUT2D eigenvalue weighted by Crippen LogP contribution is 2.20. The van der Waals surface area contributed by atoms with Gasteiger partial charge in [-0.15, -0.1) is 0 Å². The van der Waals surface area contributed by atoms with E-state index in [1.54, 1.807) is 0 Å². The molecule has 0 saturated carbocycles. The van der Waals surface area contributed by atoms with Crippen LogP contribution in [-0.4, -0.2) is 74.8 Å². The maximum Gasteiger partial charge on any atom is 0.193 e. The second-order valence-corrected chi connectivity index (χ2v) is 6.64. The fourth-order valence-electron chi connectivity index (χ4n) is 3.83. The second-order valence-electron chi connectivity index (χ2n) is 6.64. The number of likely N-dealkylation sites (tertiary alicyclic amines) is 2. The van der Waals surface area contributed by atoms with Crippen LogP contribution >= 0.6 is 0 Å². The normalized spacial score (nSPS) is 31.9. The molecule has 3 rings (SSSR count). The molecular formula is C16H30N4O. The first kappa shape index (κ1) is 15.1. The third-order valence-corrected chi connectivity index (χ3v) is 5.15. The van der Waals surface area contributed by atoms with E-state index in [1.807, 2.05) is 7.05 Å². The number of piperidine rings is 1. The summed E-state index contributed by atoms with van der Waals surface area (Å²) in [6.45, 7) is 7.69. The maximum atomic E-state index is 5.44. The highest BCUT2D eigenvalue weighted by Gasteiger charge is 2.30. The highest BCUT2D eigenvalue weighted by atomic mass is 16.5. The molecule has 0 amide bonds. The molecule has 1 N–H and O–H groups in total. The van der Waals surface area contributed by atoms with Gasteiger partial charge in [0, 0.05) is 45.2 Å². The Morgan fingerprint density at radius 2 is 2.05 bits per heavy atom. The van der Waals surface area contributed by atoms with Gasteiger partial charge in [-0.25, -0.2) is 0 Å². The molecule has 0 spiro atoms. The Morgan fingerprint density at radius 3 is 2.76 bits per heavy atom. The molecule has 0 bridgehead atoms. The van der Waals surface area contributed by atoms with E-state index in [-0.39, 0.29) is 0 Å². The minimum Gasteiger partial charge on any atom is -0.381 e. The van der Waals surface area contributed by atoms with Crippen molar-refractivity contribution in [1.82, 2.24) is 15.1 Å². The fraction of sp³-hybridized carbons (Fsp3) is 0.938. The topological polar surface area (TPSA) is 40.1 Å². The van der Waals surface area contributed by atoms with Crippen LogP contribution in [0.25, 0.3) is 0 Å². The molecular weight excluding hydrogens is 264 g/mol. The summed E-state index contributed by atoms with van der Waals surface area (Å²) in [5, 5.41) is 3.55. The molecule has 3 aliphatic rings. The molecule has 0 aliphatic carbocycles. The smallest absolute Gasteiger partial charge is 0.193 e. The first-order valence-electron chi connectivity index (χ1n) is 8.64. The fourth-order valence-corrected chi connectivity index (χ4v) is 3.83. The van der Waals surface area contributed by atoms with Crippen LogP contribution in [0, 0.1) is 5.92 Å². The van der Waals surface area contributed by atoms with Crippen LogP contribution in [0.1, 0.15) is 32.1 Å². The van der Waals surface area contributed by atoms with E-state index in [0.29, 0.717) is 5.92 Å². The summed E-state index contributed by atoms with van der Waals surface area (Å²) >= 11 is 0. The van der Waals surface area contributed by atoms with Crippen molar-refractivity contribution >= 4 is 5.96 Å². The number of rotatable bonds is 3. The number of nitrogens with one attached hydrogen (secondary N) is 1. The van der Waals surface area contributed by atoms with Gasteiger partial charge in [0.15, 0.2) is 5.96 Å². The largest absolute Gasteiger partial charge is 0.381 e. The Balaban J connectivity index is 1.46. The standard InChI is InChI=1S/C16H30N4O/c1-17-16(18-11-14-6-10-21-13-14)20-9-5-15(12-20)19-7-3-2-4-8-19/h14-15H,2-13H2,1H3,(H,17,18). The van der Waals surface area contributed by atoms with E-state index < -0.39 is 0 Å². The summed E-state index contributed by atoms with van der Waals surface area (Å²) in [5.41, 5.74) is 0. The van der Waals surface area contributed by atoms with Gasteiger partial charge in [0.05, 0.1) is 6.61 Å². The quantitative estimate of drug-likeness (QED) is 0.626. The SMILES string of the molecule is CN=C(NCC1CCOC1)N1CCC(N2CCCCC2)C1. The molecule has 5 nitrogen and oxygen atoms in total. The van der Waals surface area contributed by atoms with E-state index in [4.69, 9.17) is 4.74 Å². The van der Waals surface area contributed by atoms with Gasteiger partial charge in [0.2, 0.25) is 0 Å². The maximum absolute atomic E-state index is 5.44. The van der Waals surface area contributed by atoms with Gasteiger partial charge in [-0.3, -0.25) is 9.89 Å². The minimum absolute atomic E-state index is 0.655. The van der Waals surface area contributed by atoms with Gasteiger partial charge >= 0.3 is 0 Å². The van der Waals surface area contributed by atoms with Crippen molar-refractivity contribution in [2.24, 2.45) is 10.9 Å². The van der Waals surface area contributed by atoms with E-state index in [9.17, 15) is 0 Å². The van der Waals surface area contributed by atoms with Gasteiger partial charge < -0.3 is 15.0 Å². The Hall–Kier alpha value is -0.810. The lowest BCUT2D eigenvalue weighted by Crippen LogP contribution is -2.45. The molecule has 2 atom stereocenters. The van der Waals surface area contributed by atoms with Gasteiger partial charge in [0.25, 0.3) is 0 Å². The van der Waals surface area contributed by atoms with Crippen LogP contribution in [0.4, 0.5) is 0 Å². The Kier molecular flexibility index (Phi) is 5.36. The van der Waals surface area contributed by atoms with Gasteiger partial charge in [0.1, 0.15) is 0 Å². The summed E-state index contributed by atoms with van der Waals surface area (Å²) < 4.78 is 5.44. The van der Waals surface area contributed by atoms with Gasteiger partial charge in [-0.2, -0.15) is 0 Å². The Morgan fingerprint density at radius 1 is 1.19 bits per heavy atom. The molecule has 3 fully saturated rings. The van der Waals surface area contributed by atoms with Crippen LogP contribution in [0.5, 0.6) is 0 Å². The third kappa shape index (κ3) is 3.89. The lowest BCUT2D eigenvalue weighted by Gasteiger charge is -2.32. The van der Waals surface area contributed by atoms with Crippen LogP contribution < -0.4 is 5.32 Å². The van der Waals surface area contributed by atoms with Crippen molar-refractivity contribution in [1.29, 1.82) is 0 Å². The predicted octanol–water partition coefficient (Wildman–Crippen LogP) is 1.16. The second kappa shape index (κ2) is 7.45. The summed E-state index contributed by atoms with van der Waals surface area (Å²) in [7, 11) is 1.90. The lowest BCUT2D eigenvalue weighted by atomic mass is 10.1. The van der Waals surface area contributed by atoms with E-state index in [2.05, 4.69) is 20.1 Å². The molecule has 0 radical (unpaired) electrons. The molecule has 2 unspecified atom stereocenters. The van der Waals surface area contributed by atoms with Crippen molar-refractivity contribution < 1.29 is 4.74 Å². The summed E-state index contributed by atoms with van der Waals surface area (Å²) in [6, 6.07) is 0.735. The molecule has 3 saturated heterocycles. The molecule has 0 aromatic carbocycles. The molecule has 120 valence electrons. The predicted molar refractivity (Wildman–Crippen MR) is 85.7 cm³/mol. The van der Waals surface area contributed by atoms with Crippen molar-refractivity contribution in [3.8, 4) is 0 Å². The number of hydrogen-bond donors (Lipinski definition) is 1. The van der Waals surface area contributed by atoms with E-state index in [0.717, 1.165) is 44.8 Å². The highest BCUT2D eigenvalue weighted by molar-refractivity contribution is 5.80. The molecule has 3 heterocycles.